The lowest BCUT2D eigenvalue weighted by molar-refractivity contribution is -0.128. The van der Waals surface area contributed by atoms with E-state index in [1.165, 1.54) is 12.1 Å². The number of benzene rings is 1. The second-order valence-electron chi connectivity index (χ2n) is 3.22. The highest BCUT2D eigenvalue weighted by Crippen LogP contribution is 2.10. The van der Waals surface area contributed by atoms with Crippen molar-refractivity contribution in [3.63, 3.8) is 0 Å². The highest BCUT2D eigenvalue weighted by atomic mass is 79.9. The van der Waals surface area contributed by atoms with Gasteiger partial charge in [-0.15, -0.1) is 0 Å². The smallest absolute Gasteiger partial charge is 0.252 e. The van der Waals surface area contributed by atoms with Crippen molar-refractivity contribution >= 4 is 33.7 Å². The summed E-state index contributed by atoms with van der Waals surface area (Å²) in [5, 5.41) is 2.15. The topological polar surface area (TPSA) is 115 Å². The second kappa shape index (κ2) is 5.44. The fourth-order valence-electron chi connectivity index (χ4n) is 1.10. The molecular weight excluding hydrogens is 290 g/mol. The lowest BCUT2D eigenvalue weighted by Crippen LogP contribution is -2.52. The Labute approximate surface area is 105 Å². The molecule has 0 fully saturated rings. The SMILES string of the molecule is NC(=O)C(NC(=O)c1ccc(Br)cc1)C(N)=O. The van der Waals surface area contributed by atoms with Gasteiger partial charge in [0.15, 0.2) is 6.04 Å². The molecule has 0 unspecified atom stereocenters. The van der Waals surface area contributed by atoms with E-state index in [1.54, 1.807) is 12.1 Å². The molecular formula is C10H10BrN3O3. The molecule has 6 nitrogen and oxygen atoms in total. The lowest BCUT2D eigenvalue weighted by Gasteiger charge is -2.11. The van der Waals surface area contributed by atoms with Gasteiger partial charge < -0.3 is 16.8 Å². The molecule has 0 radical (unpaired) electrons. The number of nitrogens with one attached hydrogen (secondary N) is 1. The van der Waals surface area contributed by atoms with Gasteiger partial charge in [0.25, 0.3) is 5.91 Å². The summed E-state index contributed by atoms with van der Waals surface area (Å²) in [6.45, 7) is 0. The van der Waals surface area contributed by atoms with Gasteiger partial charge in [-0.3, -0.25) is 14.4 Å². The maximum absolute atomic E-state index is 11.6. The minimum absolute atomic E-state index is 0.292. The molecule has 0 saturated heterocycles. The molecule has 0 aromatic heterocycles. The molecule has 0 aliphatic rings. The largest absolute Gasteiger partial charge is 0.367 e. The fraction of sp³-hybridized carbons (Fsp3) is 0.100. The van der Waals surface area contributed by atoms with Gasteiger partial charge in [-0.25, -0.2) is 0 Å². The predicted octanol–water partition coefficient (Wildman–Crippen LogP) is -0.482. The molecule has 0 heterocycles. The van der Waals surface area contributed by atoms with Crippen molar-refractivity contribution in [1.29, 1.82) is 0 Å². The summed E-state index contributed by atoms with van der Waals surface area (Å²) in [5.41, 5.74) is 10.1. The molecule has 0 saturated carbocycles. The Bertz CT molecular complexity index is 444. The number of hydrogen-bond acceptors (Lipinski definition) is 3. The minimum atomic E-state index is -1.51. The van der Waals surface area contributed by atoms with Crippen molar-refractivity contribution in [3.8, 4) is 0 Å². The molecule has 5 N–H and O–H groups in total. The molecule has 1 aromatic rings. The van der Waals surface area contributed by atoms with Crippen LogP contribution < -0.4 is 16.8 Å². The first kappa shape index (κ1) is 13.2. The first-order valence-corrected chi connectivity index (χ1v) is 5.36. The predicted molar refractivity (Wildman–Crippen MR) is 63.8 cm³/mol. The third-order valence-corrected chi connectivity index (χ3v) is 2.48. The standard InChI is InChI=1S/C10H10BrN3O3/c11-6-3-1-5(2-4-6)10(17)14-7(8(12)15)9(13)16/h1-4,7H,(H2,12,15)(H2,13,16)(H,14,17). The average Bonchev–Trinajstić information content (AvgIpc) is 2.25. The van der Waals surface area contributed by atoms with Gasteiger partial charge >= 0.3 is 0 Å². The number of carbonyl (C=O) groups excluding carboxylic acids is 3. The summed E-state index contributed by atoms with van der Waals surface area (Å²) >= 11 is 3.21. The van der Waals surface area contributed by atoms with Gasteiger partial charge in [0, 0.05) is 10.0 Å². The van der Waals surface area contributed by atoms with E-state index in [0.29, 0.717) is 5.56 Å². The van der Waals surface area contributed by atoms with Gasteiger partial charge in [0.1, 0.15) is 0 Å². The fourth-order valence-corrected chi connectivity index (χ4v) is 1.36. The van der Waals surface area contributed by atoms with Crippen LogP contribution in [-0.2, 0) is 9.59 Å². The minimum Gasteiger partial charge on any atom is -0.367 e. The highest BCUT2D eigenvalue weighted by molar-refractivity contribution is 9.10. The maximum Gasteiger partial charge on any atom is 0.252 e. The van der Waals surface area contributed by atoms with Crippen molar-refractivity contribution in [2.75, 3.05) is 0 Å². The van der Waals surface area contributed by atoms with E-state index in [0.717, 1.165) is 4.47 Å². The van der Waals surface area contributed by atoms with Crippen molar-refractivity contribution in [2.24, 2.45) is 11.5 Å². The molecule has 1 aromatic carbocycles. The summed E-state index contributed by atoms with van der Waals surface area (Å²) in [6, 6.07) is 4.85. The Kier molecular flexibility index (Phi) is 4.22. The van der Waals surface area contributed by atoms with Gasteiger partial charge in [-0.1, -0.05) is 15.9 Å². The molecule has 0 atom stereocenters. The maximum atomic E-state index is 11.6. The van der Waals surface area contributed by atoms with E-state index in [9.17, 15) is 14.4 Å². The van der Waals surface area contributed by atoms with Crippen LogP contribution in [0.15, 0.2) is 28.7 Å². The van der Waals surface area contributed by atoms with Crippen LogP contribution in [0.2, 0.25) is 0 Å². The zero-order valence-electron chi connectivity index (χ0n) is 8.64. The number of carbonyl (C=O) groups is 3. The van der Waals surface area contributed by atoms with Crippen molar-refractivity contribution in [1.82, 2.24) is 5.32 Å². The average molecular weight is 300 g/mol. The van der Waals surface area contributed by atoms with Gasteiger partial charge in [0.2, 0.25) is 11.8 Å². The van der Waals surface area contributed by atoms with Crippen LogP contribution in [0.25, 0.3) is 0 Å². The zero-order chi connectivity index (χ0) is 13.0. The molecule has 0 aliphatic carbocycles. The highest BCUT2D eigenvalue weighted by Gasteiger charge is 2.24. The Morgan fingerprint density at radius 2 is 1.53 bits per heavy atom. The number of rotatable bonds is 4. The second-order valence-corrected chi connectivity index (χ2v) is 4.13. The quantitative estimate of drug-likeness (QED) is 0.652. The first-order valence-electron chi connectivity index (χ1n) is 4.57. The van der Waals surface area contributed by atoms with E-state index in [2.05, 4.69) is 21.2 Å². The Morgan fingerprint density at radius 3 is 1.94 bits per heavy atom. The van der Waals surface area contributed by atoms with Crippen LogP contribution in [0, 0.1) is 0 Å². The van der Waals surface area contributed by atoms with Crippen LogP contribution in [0.4, 0.5) is 0 Å². The van der Waals surface area contributed by atoms with Gasteiger partial charge in [0.05, 0.1) is 0 Å². The molecule has 0 bridgehead atoms. The normalized spacial score (nSPS) is 10.0. The zero-order valence-corrected chi connectivity index (χ0v) is 10.2. The summed E-state index contributed by atoms with van der Waals surface area (Å²) in [7, 11) is 0. The van der Waals surface area contributed by atoms with Crippen molar-refractivity contribution in [3.05, 3.63) is 34.3 Å². The lowest BCUT2D eigenvalue weighted by atomic mass is 10.2. The molecule has 3 amide bonds. The Balaban J connectivity index is 2.81. The van der Waals surface area contributed by atoms with Gasteiger partial charge in [-0.05, 0) is 24.3 Å². The van der Waals surface area contributed by atoms with Crippen LogP contribution in [0.1, 0.15) is 10.4 Å². The van der Waals surface area contributed by atoms with E-state index in [4.69, 9.17) is 11.5 Å². The first-order chi connectivity index (χ1) is 7.91. The molecule has 1 rings (SSSR count). The molecule has 7 heteroatoms. The van der Waals surface area contributed by atoms with Gasteiger partial charge in [-0.2, -0.15) is 0 Å². The van der Waals surface area contributed by atoms with E-state index in [1.807, 2.05) is 0 Å². The molecule has 0 spiro atoms. The number of amides is 3. The van der Waals surface area contributed by atoms with Crippen LogP contribution in [0.3, 0.4) is 0 Å². The van der Waals surface area contributed by atoms with Crippen molar-refractivity contribution < 1.29 is 14.4 Å². The number of nitrogens with two attached hydrogens (primary N) is 2. The summed E-state index contributed by atoms with van der Waals surface area (Å²) in [6.07, 6.45) is 0. The van der Waals surface area contributed by atoms with E-state index < -0.39 is 23.8 Å². The van der Waals surface area contributed by atoms with E-state index >= 15 is 0 Å². The van der Waals surface area contributed by atoms with Crippen LogP contribution in [-0.4, -0.2) is 23.8 Å². The van der Waals surface area contributed by atoms with E-state index in [-0.39, 0.29) is 0 Å². The van der Waals surface area contributed by atoms with Crippen LogP contribution >= 0.6 is 15.9 Å². The monoisotopic (exact) mass is 299 g/mol. The summed E-state index contributed by atoms with van der Waals surface area (Å²) in [5.74, 6) is -2.59. The molecule has 0 aliphatic heterocycles. The third-order valence-electron chi connectivity index (χ3n) is 1.95. The summed E-state index contributed by atoms with van der Waals surface area (Å²) < 4.78 is 0.801. The molecule has 90 valence electrons. The van der Waals surface area contributed by atoms with Crippen molar-refractivity contribution in [2.45, 2.75) is 6.04 Å². The van der Waals surface area contributed by atoms with Crippen LogP contribution in [0.5, 0.6) is 0 Å². The Hall–Kier alpha value is -1.89. The number of hydrogen-bond donors (Lipinski definition) is 3. The Morgan fingerprint density at radius 1 is 1.06 bits per heavy atom. The number of halogens is 1. The third kappa shape index (κ3) is 3.56. The number of primary amides is 2. The summed E-state index contributed by atoms with van der Waals surface area (Å²) in [4.78, 5) is 33.4. The molecule has 17 heavy (non-hydrogen) atoms.